The molecule has 1 aromatic rings. The molecule has 0 aliphatic rings. The lowest BCUT2D eigenvalue weighted by molar-refractivity contribution is 1.13. The lowest BCUT2D eigenvalue weighted by Crippen LogP contribution is -1.98. The van der Waals surface area contributed by atoms with Gasteiger partial charge in [0.1, 0.15) is 5.82 Å². The molecule has 0 amide bonds. The van der Waals surface area contributed by atoms with Crippen molar-refractivity contribution >= 4 is 29.2 Å². The predicted molar refractivity (Wildman–Crippen MR) is 53.3 cm³/mol. The van der Waals surface area contributed by atoms with Gasteiger partial charge in [0.2, 0.25) is 5.28 Å². The fourth-order valence-electron chi connectivity index (χ4n) is 0.721. The second kappa shape index (κ2) is 4.52. The molecule has 0 bridgehead atoms. The molecule has 1 rings (SSSR count). The Morgan fingerprint density at radius 2 is 2.42 bits per heavy atom. The van der Waals surface area contributed by atoms with E-state index in [-0.39, 0.29) is 5.28 Å². The summed E-state index contributed by atoms with van der Waals surface area (Å²) in [6.07, 6.45) is 1.67. The molecule has 0 saturated heterocycles. The molecule has 12 heavy (non-hydrogen) atoms. The molecule has 0 spiro atoms. The van der Waals surface area contributed by atoms with Gasteiger partial charge in [-0.2, -0.15) is 11.8 Å². The maximum absolute atomic E-state index is 5.61. The predicted octanol–water partition coefficient (Wildman–Crippen LogP) is 1.97. The summed E-state index contributed by atoms with van der Waals surface area (Å²) in [6, 6.07) is 0. The Balaban J connectivity index is 2.72. The Labute approximate surface area is 80.7 Å². The maximum Gasteiger partial charge on any atom is 0.224 e. The van der Waals surface area contributed by atoms with Crippen LogP contribution in [0.1, 0.15) is 12.5 Å². The van der Waals surface area contributed by atoms with Gasteiger partial charge >= 0.3 is 0 Å². The minimum atomic E-state index is 0.206. The van der Waals surface area contributed by atoms with Crippen LogP contribution in [0.25, 0.3) is 0 Å². The van der Waals surface area contributed by atoms with E-state index in [1.54, 1.807) is 18.0 Å². The molecular formula is C7H10ClN3S. The lowest BCUT2D eigenvalue weighted by atomic mass is 10.3. The van der Waals surface area contributed by atoms with Gasteiger partial charge in [0, 0.05) is 17.5 Å². The number of nitrogen functional groups attached to an aromatic ring is 1. The number of halogens is 1. The van der Waals surface area contributed by atoms with E-state index in [1.807, 2.05) is 0 Å². The number of rotatable bonds is 3. The van der Waals surface area contributed by atoms with Crippen LogP contribution in [0.2, 0.25) is 5.28 Å². The summed E-state index contributed by atoms with van der Waals surface area (Å²) in [4.78, 5) is 7.70. The zero-order valence-corrected chi connectivity index (χ0v) is 8.32. The number of hydrogen-bond donors (Lipinski definition) is 1. The monoisotopic (exact) mass is 203 g/mol. The maximum atomic E-state index is 5.61. The zero-order chi connectivity index (χ0) is 8.97. The van der Waals surface area contributed by atoms with Crippen LogP contribution in [0, 0.1) is 0 Å². The number of nitrogens with zero attached hydrogens (tertiary/aromatic N) is 2. The van der Waals surface area contributed by atoms with Crippen molar-refractivity contribution in [3.05, 3.63) is 17.0 Å². The number of anilines is 1. The van der Waals surface area contributed by atoms with Gasteiger partial charge in [-0.05, 0) is 17.4 Å². The van der Waals surface area contributed by atoms with Crippen LogP contribution in [-0.2, 0) is 5.75 Å². The minimum absolute atomic E-state index is 0.206. The number of hydrogen-bond acceptors (Lipinski definition) is 4. The van der Waals surface area contributed by atoms with Crippen molar-refractivity contribution in [2.24, 2.45) is 0 Å². The summed E-state index contributed by atoms with van der Waals surface area (Å²) in [5, 5.41) is 0.206. The Kier molecular flexibility index (Phi) is 3.62. The lowest BCUT2D eigenvalue weighted by Gasteiger charge is -2.02. The van der Waals surface area contributed by atoms with Crippen molar-refractivity contribution in [1.29, 1.82) is 0 Å². The Morgan fingerprint density at radius 1 is 1.67 bits per heavy atom. The molecule has 0 aromatic carbocycles. The third kappa shape index (κ3) is 2.53. The third-order valence-corrected chi connectivity index (χ3v) is 2.44. The zero-order valence-electron chi connectivity index (χ0n) is 6.75. The SMILES string of the molecule is CCSCc1cnc(Cl)nc1N. The summed E-state index contributed by atoms with van der Waals surface area (Å²) < 4.78 is 0. The second-order valence-corrected chi connectivity index (χ2v) is 3.80. The summed E-state index contributed by atoms with van der Waals surface area (Å²) in [5.41, 5.74) is 6.56. The average Bonchev–Trinajstić information content (AvgIpc) is 2.03. The van der Waals surface area contributed by atoms with Gasteiger partial charge in [0.05, 0.1) is 0 Å². The molecule has 0 fully saturated rings. The van der Waals surface area contributed by atoms with Crippen LogP contribution >= 0.6 is 23.4 Å². The molecule has 1 aromatic heterocycles. The molecule has 0 aliphatic heterocycles. The molecule has 0 saturated carbocycles. The van der Waals surface area contributed by atoms with Crippen molar-refractivity contribution in [2.45, 2.75) is 12.7 Å². The molecular weight excluding hydrogens is 194 g/mol. The van der Waals surface area contributed by atoms with E-state index in [9.17, 15) is 0 Å². The fourth-order valence-corrected chi connectivity index (χ4v) is 1.51. The second-order valence-electron chi connectivity index (χ2n) is 2.19. The normalized spacial score (nSPS) is 10.2. The van der Waals surface area contributed by atoms with Gasteiger partial charge in [-0.3, -0.25) is 0 Å². The first kappa shape index (κ1) is 9.61. The van der Waals surface area contributed by atoms with E-state index >= 15 is 0 Å². The van der Waals surface area contributed by atoms with Gasteiger partial charge in [-0.25, -0.2) is 9.97 Å². The first-order chi connectivity index (χ1) is 5.74. The van der Waals surface area contributed by atoms with Crippen LogP contribution < -0.4 is 5.73 Å². The highest BCUT2D eigenvalue weighted by Crippen LogP contribution is 2.16. The van der Waals surface area contributed by atoms with Crippen molar-refractivity contribution in [3.63, 3.8) is 0 Å². The largest absolute Gasteiger partial charge is 0.383 e. The van der Waals surface area contributed by atoms with E-state index in [0.717, 1.165) is 17.1 Å². The van der Waals surface area contributed by atoms with Gasteiger partial charge in [0.25, 0.3) is 0 Å². The first-order valence-electron chi connectivity index (χ1n) is 3.58. The number of aromatic nitrogens is 2. The first-order valence-corrected chi connectivity index (χ1v) is 5.12. The summed E-state index contributed by atoms with van der Waals surface area (Å²) >= 11 is 7.32. The van der Waals surface area contributed by atoms with E-state index < -0.39 is 0 Å². The number of thioether (sulfide) groups is 1. The van der Waals surface area contributed by atoms with Crippen molar-refractivity contribution in [2.75, 3.05) is 11.5 Å². The topological polar surface area (TPSA) is 51.8 Å². The Hall–Kier alpha value is -0.480. The van der Waals surface area contributed by atoms with Crippen LogP contribution in [0.5, 0.6) is 0 Å². The summed E-state index contributed by atoms with van der Waals surface area (Å²) in [6.45, 7) is 2.09. The van der Waals surface area contributed by atoms with E-state index in [4.69, 9.17) is 17.3 Å². The molecule has 0 aliphatic carbocycles. The standard InChI is InChI=1S/C7H10ClN3S/c1-2-12-4-5-3-10-7(8)11-6(5)9/h3H,2,4H2,1H3,(H2,9,10,11). The van der Waals surface area contributed by atoms with E-state index in [0.29, 0.717) is 5.82 Å². The minimum Gasteiger partial charge on any atom is -0.383 e. The van der Waals surface area contributed by atoms with Gasteiger partial charge in [0.15, 0.2) is 0 Å². The molecule has 0 unspecified atom stereocenters. The molecule has 2 N–H and O–H groups in total. The molecule has 1 heterocycles. The highest BCUT2D eigenvalue weighted by molar-refractivity contribution is 7.98. The van der Waals surface area contributed by atoms with Crippen LogP contribution in [0.15, 0.2) is 6.20 Å². The van der Waals surface area contributed by atoms with Crippen molar-refractivity contribution in [3.8, 4) is 0 Å². The smallest absolute Gasteiger partial charge is 0.224 e. The van der Waals surface area contributed by atoms with Gasteiger partial charge in [-0.15, -0.1) is 0 Å². The molecule has 0 radical (unpaired) electrons. The van der Waals surface area contributed by atoms with E-state index in [1.165, 1.54) is 0 Å². The Morgan fingerprint density at radius 3 is 3.00 bits per heavy atom. The van der Waals surface area contributed by atoms with Crippen LogP contribution in [0.3, 0.4) is 0 Å². The van der Waals surface area contributed by atoms with Crippen molar-refractivity contribution in [1.82, 2.24) is 9.97 Å². The molecule has 5 heteroatoms. The molecule has 0 atom stereocenters. The van der Waals surface area contributed by atoms with Crippen LogP contribution in [-0.4, -0.2) is 15.7 Å². The fraction of sp³-hybridized carbons (Fsp3) is 0.429. The van der Waals surface area contributed by atoms with Gasteiger partial charge in [-0.1, -0.05) is 6.92 Å². The molecule has 66 valence electrons. The van der Waals surface area contributed by atoms with E-state index in [2.05, 4.69) is 16.9 Å². The highest BCUT2D eigenvalue weighted by atomic mass is 35.5. The Bertz CT molecular complexity index is 267. The quantitative estimate of drug-likeness (QED) is 0.764. The van der Waals surface area contributed by atoms with Gasteiger partial charge < -0.3 is 5.73 Å². The molecule has 3 nitrogen and oxygen atoms in total. The van der Waals surface area contributed by atoms with Crippen molar-refractivity contribution < 1.29 is 0 Å². The third-order valence-electron chi connectivity index (χ3n) is 1.33. The summed E-state index contributed by atoms with van der Waals surface area (Å²) in [5.74, 6) is 2.39. The van der Waals surface area contributed by atoms with Crippen LogP contribution in [0.4, 0.5) is 5.82 Å². The summed E-state index contributed by atoms with van der Waals surface area (Å²) in [7, 11) is 0. The number of nitrogens with two attached hydrogens (primary N) is 1. The average molecular weight is 204 g/mol. The highest BCUT2D eigenvalue weighted by Gasteiger charge is 2.01.